The van der Waals surface area contributed by atoms with Crippen LogP contribution in [0.4, 0.5) is 4.39 Å². The van der Waals surface area contributed by atoms with Gasteiger partial charge in [-0.3, -0.25) is 9.59 Å². The zero-order valence-electron chi connectivity index (χ0n) is 16.0. The normalized spacial score (nSPS) is 10.1. The molecule has 0 aromatic heterocycles. The quantitative estimate of drug-likeness (QED) is 0.639. The summed E-state index contributed by atoms with van der Waals surface area (Å²) in [4.78, 5) is 24.0. The molecule has 150 valence electrons. The Bertz CT molecular complexity index is 816. The minimum atomic E-state index is -0.591. The second-order valence-corrected chi connectivity index (χ2v) is 5.80. The van der Waals surface area contributed by atoms with Crippen molar-refractivity contribution >= 4 is 11.8 Å². The van der Waals surface area contributed by atoms with Gasteiger partial charge in [-0.2, -0.15) is 0 Å². The molecule has 2 aromatic rings. The molecule has 0 spiro atoms. The van der Waals surface area contributed by atoms with Crippen molar-refractivity contribution in [2.75, 3.05) is 34.4 Å². The molecule has 0 radical (unpaired) electrons. The van der Waals surface area contributed by atoms with E-state index in [9.17, 15) is 14.0 Å². The lowest BCUT2D eigenvalue weighted by Crippen LogP contribution is -2.35. The van der Waals surface area contributed by atoms with Crippen LogP contribution in [0, 0.1) is 5.82 Å². The predicted molar refractivity (Wildman–Crippen MR) is 102 cm³/mol. The molecule has 0 heterocycles. The lowest BCUT2D eigenvalue weighted by Gasteiger charge is -2.14. The molecule has 8 heteroatoms. The van der Waals surface area contributed by atoms with E-state index in [1.165, 1.54) is 39.5 Å². The van der Waals surface area contributed by atoms with E-state index < -0.39 is 11.7 Å². The van der Waals surface area contributed by atoms with Crippen molar-refractivity contribution in [3.8, 4) is 17.2 Å². The predicted octanol–water partition coefficient (Wildman–Crippen LogP) is 1.94. The van der Waals surface area contributed by atoms with Crippen molar-refractivity contribution in [3.63, 3.8) is 0 Å². The SMILES string of the molecule is COc1cc(CC(=O)NCCNC(=O)c2ccccc2F)cc(OC)c1OC. The Morgan fingerprint density at radius 3 is 2.11 bits per heavy atom. The summed E-state index contributed by atoms with van der Waals surface area (Å²) in [5, 5.41) is 5.26. The maximum atomic E-state index is 13.5. The van der Waals surface area contributed by atoms with Crippen molar-refractivity contribution in [2.24, 2.45) is 0 Å². The highest BCUT2D eigenvalue weighted by atomic mass is 19.1. The van der Waals surface area contributed by atoms with Crippen LogP contribution in [0.15, 0.2) is 36.4 Å². The second kappa shape index (κ2) is 10.1. The maximum Gasteiger partial charge on any atom is 0.254 e. The Balaban J connectivity index is 1.86. The zero-order valence-corrected chi connectivity index (χ0v) is 16.0. The van der Waals surface area contributed by atoms with Crippen LogP contribution in [0.2, 0.25) is 0 Å². The summed E-state index contributed by atoms with van der Waals surface area (Å²) < 4.78 is 29.3. The van der Waals surface area contributed by atoms with Crippen LogP contribution in [-0.2, 0) is 11.2 Å². The second-order valence-electron chi connectivity index (χ2n) is 5.80. The third-order valence-electron chi connectivity index (χ3n) is 3.94. The van der Waals surface area contributed by atoms with Crippen LogP contribution in [0.25, 0.3) is 0 Å². The molecule has 28 heavy (non-hydrogen) atoms. The van der Waals surface area contributed by atoms with Gasteiger partial charge in [0.2, 0.25) is 11.7 Å². The molecule has 0 unspecified atom stereocenters. The van der Waals surface area contributed by atoms with Gasteiger partial charge in [0.1, 0.15) is 5.82 Å². The minimum absolute atomic E-state index is 0.0359. The van der Waals surface area contributed by atoms with Gasteiger partial charge in [-0.1, -0.05) is 12.1 Å². The first-order valence-electron chi connectivity index (χ1n) is 8.58. The molecule has 2 amide bonds. The van der Waals surface area contributed by atoms with Crippen molar-refractivity contribution < 1.29 is 28.2 Å². The standard InChI is InChI=1S/C20H23FN2O5/c1-26-16-10-13(11-17(27-2)19(16)28-3)12-18(24)22-8-9-23-20(25)14-6-4-5-7-15(14)21/h4-7,10-11H,8-9,12H2,1-3H3,(H,22,24)(H,23,25). The molecule has 2 rings (SSSR count). The van der Waals surface area contributed by atoms with Crippen molar-refractivity contribution in [3.05, 3.63) is 53.3 Å². The fourth-order valence-electron chi connectivity index (χ4n) is 2.60. The topological polar surface area (TPSA) is 85.9 Å². The van der Waals surface area contributed by atoms with Crippen molar-refractivity contribution in [2.45, 2.75) is 6.42 Å². The molecular formula is C20H23FN2O5. The highest BCUT2D eigenvalue weighted by Gasteiger charge is 2.15. The fraction of sp³-hybridized carbons (Fsp3) is 0.300. The number of nitrogens with one attached hydrogen (secondary N) is 2. The number of amides is 2. The molecule has 0 saturated heterocycles. The van der Waals surface area contributed by atoms with E-state index in [4.69, 9.17) is 14.2 Å². The third-order valence-corrected chi connectivity index (χ3v) is 3.94. The van der Waals surface area contributed by atoms with E-state index in [0.29, 0.717) is 22.8 Å². The van der Waals surface area contributed by atoms with Crippen LogP contribution >= 0.6 is 0 Å². The maximum absolute atomic E-state index is 13.5. The molecule has 0 atom stereocenters. The summed E-state index contributed by atoms with van der Waals surface area (Å²) in [6, 6.07) is 9.09. The lowest BCUT2D eigenvalue weighted by molar-refractivity contribution is -0.120. The van der Waals surface area contributed by atoms with Crippen LogP contribution in [0.1, 0.15) is 15.9 Å². The molecular weight excluding hydrogens is 367 g/mol. The summed E-state index contributed by atoms with van der Waals surface area (Å²) in [6.45, 7) is 0.387. The Kier molecular flexibility index (Phi) is 7.62. The van der Waals surface area contributed by atoms with Gasteiger partial charge in [0.25, 0.3) is 5.91 Å². The smallest absolute Gasteiger partial charge is 0.254 e. The molecule has 0 fully saturated rings. The first kappa shape index (κ1) is 21.0. The van der Waals surface area contributed by atoms with E-state index in [-0.39, 0.29) is 31.0 Å². The van der Waals surface area contributed by atoms with Gasteiger partial charge in [0.15, 0.2) is 11.5 Å². The first-order chi connectivity index (χ1) is 13.5. The average Bonchev–Trinajstić information content (AvgIpc) is 2.70. The summed E-state index contributed by atoms with van der Waals surface area (Å²) in [5.74, 6) is 0.00597. The Morgan fingerprint density at radius 1 is 0.929 bits per heavy atom. The number of halogens is 1. The van der Waals surface area contributed by atoms with Gasteiger partial charge >= 0.3 is 0 Å². The number of methoxy groups -OCH3 is 3. The average molecular weight is 390 g/mol. The molecule has 0 saturated carbocycles. The Labute approximate surface area is 162 Å². The molecule has 7 nitrogen and oxygen atoms in total. The highest BCUT2D eigenvalue weighted by Crippen LogP contribution is 2.38. The van der Waals surface area contributed by atoms with E-state index in [1.807, 2.05) is 0 Å². The third kappa shape index (κ3) is 5.35. The number of ether oxygens (including phenoxy) is 3. The number of carbonyl (C=O) groups is 2. The first-order valence-corrected chi connectivity index (χ1v) is 8.58. The zero-order chi connectivity index (χ0) is 20.5. The monoisotopic (exact) mass is 390 g/mol. The Morgan fingerprint density at radius 2 is 1.54 bits per heavy atom. The molecule has 0 aliphatic carbocycles. The molecule has 2 N–H and O–H groups in total. The van der Waals surface area contributed by atoms with Crippen molar-refractivity contribution in [1.82, 2.24) is 10.6 Å². The number of carbonyl (C=O) groups excluding carboxylic acids is 2. The number of hydrogen-bond acceptors (Lipinski definition) is 5. The number of benzene rings is 2. The summed E-state index contributed by atoms with van der Waals surface area (Å²) in [6.07, 6.45) is 0.0952. The summed E-state index contributed by atoms with van der Waals surface area (Å²) in [7, 11) is 4.50. The van der Waals surface area contributed by atoms with Gasteiger partial charge in [-0.15, -0.1) is 0 Å². The van der Waals surface area contributed by atoms with E-state index in [1.54, 1.807) is 18.2 Å². The summed E-state index contributed by atoms with van der Waals surface area (Å²) in [5.41, 5.74) is 0.647. The van der Waals surface area contributed by atoms with Crippen LogP contribution in [0.3, 0.4) is 0 Å². The highest BCUT2D eigenvalue weighted by molar-refractivity contribution is 5.94. The Hall–Kier alpha value is -3.29. The van der Waals surface area contributed by atoms with Crippen molar-refractivity contribution in [1.29, 1.82) is 0 Å². The molecule has 0 bridgehead atoms. The van der Waals surface area contributed by atoms with Crippen LogP contribution in [0.5, 0.6) is 17.2 Å². The van der Waals surface area contributed by atoms with E-state index in [2.05, 4.69) is 10.6 Å². The number of hydrogen-bond donors (Lipinski definition) is 2. The molecule has 0 aliphatic rings. The van der Waals surface area contributed by atoms with Crippen LogP contribution < -0.4 is 24.8 Å². The largest absolute Gasteiger partial charge is 0.493 e. The van der Waals surface area contributed by atoms with Gasteiger partial charge in [-0.25, -0.2) is 4.39 Å². The van der Waals surface area contributed by atoms with Crippen LogP contribution in [-0.4, -0.2) is 46.2 Å². The van der Waals surface area contributed by atoms with Gasteiger partial charge in [-0.05, 0) is 29.8 Å². The fourth-order valence-corrected chi connectivity index (χ4v) is 2.60. The van der Waals surface area contributed by atoms with E-state index in [0.717, 1.165) is 0 Å². The summed E-state index contributed by atoms with van der Waals surface area (Å²) >= 11 is 0. The molecule has 0 aliphatic heterocycles. The number of rotatable bonds is 9. The lowest BCUT2D eigenvalue weighted by atomic mass is 10.1. The van der Waals surface area contributed by atoms with Gasteiger partial charge in [0, 0.05) is 13.1 Å². The molecule has 2 aromatic carbocycles. The van der Waals surface area contributed by atoms with Gasteiger partial charge in [0.05, 0.1) is 33.3 Å². The minimum Gasteiger partial charge on any atom is -0.493 e. The van der Waals surface area contributed by atoms with Gasteiger partial charge < -0.3 is 24.8 Å². The van der Waals surface area contributed by atoms with E-state index >= 15 is 0 Å².